The summed E-state index contributed by atoms with van der Waals surface area (Å²) in [5.74, 6) is -0.440. The van der Waals surface area contributed by atoms with Gasteiger partial charge in [-0.1, -0.05) is 72.8 Å². The SMILES string of the molecule is NC(=O)c1cccc2c1c1ccccc1n2Cc1cccc(C(=O)c2ccccc2)c1. The fraction of sp³-hybridized carbons (Fsp3) is 0.0370. The molecular weight excluding hydrogens is 384 g/mol. The van der Waals surface area contributed by atoms with Gasteiger partial charge in [-0.2, -0.15) is 0 Å². The Bertz CT molecular complexity index is 1450. The van der Waals surface area contributed by atoms with Crippen molar-refractivity contribution < 1.29 is 9.59 Å². The molecule has 1 heterocycles. The first-order valence-corrected chi connectivity index (χ1v) is 10.1. The summed E-state index contributed by atoms with van der Waals surface area (Å²) in [4.78, 5) is 24.9. The normalized spacial score (nSPS) is 11.1. The van der Waals surface area contributed by atoms with Crippen molar-refractivity contribution in [2.75, 3.05) is 0 Å². The number of carbonyl (C=O) groups is 2. The predicted molar refractivity (Wildman–Crippen MR) is 123 cm³/mol. The van der Waals surface area contributed by atoms with E-state index < -0.39 is 5.91 Å². The molecule has 1 amide bonds. The van der Waals surface area contributed by atoms with Crippen LogP contribution in [0.3, 0.4) is 0 Å². The average molecular weight is 404 g/mol. The van der Waals surface area contributed by atoms with E-state index >= 15 is 0 Å². The number of benzene rings is 4. The van der Waals surface area contributed by atoms with Crippen molar-refractivity contribution in [3.05, 3.63) is 119 Å². The quantitative estimate of drug-likeness (QED) is 0.411. The molecule has 4 aromatic carbocycles. The highest BCUT2D eigenvalue weighted by atomic mass is 16.1. The molecule has 0 spiro atoms. The molecule has 0 aliphatic heterocycles. The Morgan fingerprint density at radius 3 is 2.19 bits per heavy atom. The summed E-state index contributed by atoms with van der Waals surface area (Å²) in [5.41, 5.74) is 10.5. The van der Waals surface area contributed by atoms with Crippen molar-refractivity contribution in [3.8, 4) is 0 Å². The lowest BCUT2D eigenvalue weighted by atomic mass is 10.0. The molecule has 0 aliphatic rings. The number of aromatic nitrogens is 1. The zero-order chi connectivity index (χ0) is 21.4. The van der Waals surface area contributed by atoms with Crippen LogP contribution in [0.5, 0.6) is 0 Å². The number of rotatable bonds is 5. The van der Waals surface area contributed by atoms with Gasteiger partial charge in [0.05, 0.1) is 5.52 Å². The van der Waals surface area contributed by atoms with Crippen molar-refractivity contribution in [2.45, 2.75) is 6.54 Å². The maximum atomic E-state index is 12.9. The van der Waals surface area contributed by atoms with E-state index in [4.69, 9.17) is 5.73 Å². The number of fused-ring (bicyclic) bond motifs is 3. The molecule has 0 bridgehead atoms. The van der Waals surface area contributed by atoms with Gasteiger partial charge in [0.15, 0.2) is 5.78 Å². The largest absolute Gasteiger partial charge is 0.366 e. The Morgan fingerprint density at radius 2 is 1.39 bits per heavy atom. The summed E-state index contributed by atoms with van der Waals surface area (Å²) in [6.07, 6.45) is 0. The zero-order valence-electron chi connectivity index (χ0n) is 16.8. The highest BCUT2D eigenvalue weighted by molar-refractivity contribution is 6.17. The van der Waals surface area contributed by atoms with Gasteiger partial charge in [-0.25, -0.2) is 0 Å². The number of primary amides is 1. The molecule has 1 aromatic heterocycles. The zero-order valence-corrected chi connectivity index (χ0v) is 16.8. The van der Waals surface area contributed by atoms with Crippen LogP contribution in [0.4, 0.5) is 0 Å². The lowest BCUT2D eigenvalue weighted by molar-refractivity contribution is 0.1000. The summed E-state index contributed by atoms with van der Waals surface area (Å²) in [7, 11) is 0. The maximum Gasteiger partial charge on any atom is 0.249 e. The van der Waals surface area contributed by atoms with Gasteiger partial charge in [0.25, 0.3) is 0 Å². The smallest absolute Gasteiger partial charge is 0.249 e. The molecule has 4 nitrogen and oxygen atoms in total. The Balaban J connectivity index is 1.62. The van der Waals surface area contributed by atoms with E-state index in [1.807, 2.05) is 91.0 Å². The third kappa shape index (κ3) is 3.28. The first-order valence-electron chi connectivity index (χ1n) is 10.1. The minimum Gasteiger partial charge on any atom is -0.366 e. The second-order valence-corrected chi connectivity index (χ2v) is 7.56. The summed E-state index contributed by atoms with van der Waals surface area (Å²) in [5, 5.41) is 1.85. The Morgan fingerprint density at radius 1 is 0.710 bits per heavy atom. The lowest BCUT2D eigenvalue weighted by Crippen LogP contribution is -2.11. The molecule has 0 fully saturated rings. The molecule has 2 N–H and O–H groups in total. The van der Waals surface area contributed by atoms with Crippen LogP contribution in [-0.4, -0.2) is 16.3 Å². The highest BCUT2D eigenvalue weighted by Gasteiger charge is 2.16. The van der Waals surface area contributed by atoms with Crippen LogP contribution in [0, 0.1) is 0 Å². The Labute approximate surface area is 179 Å². The fourth-order valence-electron chi connectivity index (χ4n) is 4.22. The number of hydrogen-bond donors (Lipinski definition) is 1. The fourth-order valence-corrected chi connectivity index (χ4v) is 4.22. The lowest BCUT2D eigenvalue weighted by Gasteiger charge is -2.10. The summed E-state index contributed by atoms with van der Waals surface area (Å²) in [6, 6.07) is 30.6. The van der Waals surface area contributed by atoms with E-state index in [0.717, 1.165) is 27.4 Å². The van der Waals surface area contributed by atoms with Gasteiger partial charge < -0.3 is 10.3 Å². The van der Waals surface area contributed by atoms with Crippen molar-refractivity contribution >= 4 is 33.5 Å². The van der Waals surface area contributed by atoms with E-state index in [1.54, 1.807) is 6.07 Å². The molecule has 0 saturated heterocycles. The maximum absolute atomic E-state index is 12.9. The van der Waals surface area contributed by atoms with E-state index in [-0.39, 0.29) is 5.78 Å². The van der Waals surface area contributed by atoms with Crippen LogP contribution in [-0.2, 0) is 6.54 Å². The van der Waals surface area contributed by atoms with Crippen LogP contribution in [0.15, 0.2) is 97.1 Å². The van der Waals surface area contributed by atoms with Gasteiger partial charge in [0, 0.05) is 39.5 Å². The van der Waals surface area contributed by atoms with E-state index in [1.165, 1.54) is 0 Å². The second kappa shape index (κ2) is 7.58. The first kappa shape index (κ1) is 18.8. The number of carbonyl (C=O) groups excluding carboxylic acids is 2. The van der Waals surface area contributed by atoms with Crippen LogP contribution >= 0.6 is 0 Å². The minimum atomic E-state index is -0.441. The molecule has 0 radical (unpaired) electrons. The number of ketones is 1. The van der Waals surface area contributed by atoms with Crippen LogP contribution in [0.1, 0.15) is 31.8 Å². The Kier molecular flexibility index (Phi) is 4.60. The number of nitrogens with zero attached hydrogens (tertiary/aromatic N) is 1. The predicted octanol–water partition coefficient (Wildman–Crippen LogP) is 5.17. The molecular formula is C27H20N2O2. The van der Waals surface area contributed by atoms with Gasteiger partial charge >= 0.3 is 0 Å². The Hall–Kier alpha value is -4.18. The van der Waals surface area contributed by atoms with Crippen LogP contribution < -0.4 is 5.73 Å². The van der Waals surface area contributed by atoms with E-state index in [9.17, 15) is 9.59 Å². The molecule has 4 heteroatoms. The van der Waals surface area contributed by atoms with Gasteiger partial charge in [-0.3, -0.25) is 9.59 Å². The minimum absolute atomic E-state index is 0.000636. The van der Waals surface area contributed by atoms with E-state index in [2.05, 4.69) is 4.57 Å². The molecule has 5 aromatic rings. The molecule has 5 rings (SSSR count). The standard InChI is InChI=1S/C27H20N2O2/c28-27(31)22-13-7-15-24-25(22)21-12-4-5-14-23(21)29(24)17-18-8-6-11-20(16-18)26(30)19-9-2-1-3-10-19/h1-16H,17H2,(H2,28,31). The van der Waals surface area contributed by atoms with Gasteiger partial charge in [-0.15, -0.1) is 0 Å². The summed E-state index contributed by atoms with van der Waals surface area (Å²) < 4.78 is 2.17. The van der Waals surface area contributed by atoms with Crippen molar-refractivity contribution in [1.29, 1.82) is 0 Å². The first-order chi connectivity index (χ1) is 15.1. The number of hydrogen-bond acceptors (Lipinski definition) is 2. The number of amides is 1. The van der Waals surface area contributed by atoms with Gasteiger partial charge in [0.2, 0.25) is 5.91 Å². The molecule has 150 valence electrons. The van der Waals surface area contributed by atoms with Gasteiger partial charge in [0.1, 0.15) is 0 Å². The van der Waals surface area contributed by atoms with Crippen molar-refractivity contribution in [1.82, 2.24) is 4.57 Å². The van der Waals surface area contributed by atoms with E-state index in [0.29, 0.717) is 23.2 Å². The number of nitrogens with two attached hydrogens (primary N) is 1. The summed E-state index contributed by atoms with van der Waals surface area (Å²) >= 11 is 0. The number of para-hydroxylation sites is 1. The topological polar surface area (TPSA) is 65.1 Å². The molecule has 0 saturated carbocycles. The third-order valence-corrected chi connectivity index (χ3v) is 5.63. The monoisotopic (exact) mass is 404 g/mol. The molecule has 0 unspecified atom stereocenters. The summed E-state index contributed by atoms with van der Waals surface area (Å²) in [6.45, 7) is 0.572. The average Bonchev–Trinajstić information content (AvgIpc) is 3.13. The van der Waals surface area contributed by atoms with Crippen molar-refractivity contribution in [2.24, 2.45) is 5.73 Å². The van der Waals surface area contributed by atoms with Crippen molar-refractivity contribution in [3.63, 3.8) is 0 Å². The van der Waals surface area contributed by atoms with Crippen LogP contribution in [0.2, 0.25) is 0 Å². The third-order valence-electron chi connectivity index (χ3n) is 5.63. The van der Waals surface area contributed by atoms with Crippen LogP contribution in [0.25, 0.3) is 21.8 Å². The molecule has 0 atom stereocenters. The molecule has 0 aliphatic carbocycles. The second-order valence-electron chi connectivity index (χ2n) is 7.56. The highest BCUT2D eigenvalue weighted by Crippen LogP contribution is 2.32. The van der Waals surface area contributed by atoms with Gasteiger partial charge in [-0.05, 0) is 29.8 Å². The molecule has 31 heavy (non-hydrogen) atoms.